The summed E-state index contributed by atoms with van der Waals surface area (Å²) in [7, 11) is 0. The predicted octanol–water partition coefficient (Wildman–Crippen LogP) is 4.55. The fourth-order valence-corrected chi connectivity index (χ4v) is 2.61. The van der Waals surface area contributed by atoms with E-state index < -0.39 is 0 Å². The van der Waals surface area contributed by atoms with E-state index in [0.29, 0.717) is 0 Å². The smallest absolute Gasteiger partial charge is 0.222 e. The van der Waals surface area contributed by atoms with Crippen LogP contribution in [0.2, 0.25) is 0 Å². The summed E-state index contributed by atoms with van der Waals surface area (Å²) in [6, 6.07) is 3.98. The summed E-state index contributed by atoms with van der Waals surface area (Å²) in [6.45, 7) is 6.79. The van der Waals surface area contributed by atoms with E-state index in [4.69, 9.17) is 0 Å². The van der Waals surface area contributed by atoms with Gasteiger partial charge >= 0.3 is 0 Å². The van der Waals surface area contributed by atoms with E-state index in [1.54, 1.807) is 0 Å². The van der Waals surface area contributed by atoms with Crippen molar-refractivity contribution in [2.24, 2.45) is 5.18 Å². The van der Waals surface area contributed by atoms with Gasteiger partial charge in [0.25, 0.3) is 0 Å². The molecule has 0 saturated heterocycles. The van der Waals surface area contributed by atoms with Crippen molar-refractivity contribution < 1.29 is 5.11 Å². The number of nitroso groups, excluding NO2 is 1. The van der Waals surface area contributed by atoms with Crippen LogP contribution in [-0.4, -0.2) is 9.67 Å². The molecule has 0 fully saturated rings. The van der Waals surface area contributed by atoms with Gasteiger partial charge in [-0.15, -0.1) is 4.91 Å². The van der Waals surface area contributed by atoms with Crippen molar-refractivity contribution in [3.63, 3.8) is 0 Å². The van der Waals surface area contributed by atoms with Crippen molar-refractivity contribution in [1.82, 2.24) is 4.57 Å². The lowest BCUT2D eigenvalue weighted by Gasteiger charge is -2.08. The van der Waals surface area contributed by atoms with E-state index in [9.17, 15) is 10.0 Å². The molecule has 0 amide bonds. The van der Waals surface area contributed by atoms with Gasteiger partial charge in [-0.2, -0.15) is 0 Å². The van der Waals surface area contributed by atoms with E-state index in [-0.39, 0.29) is 11.6 Å². The van der Waals surface area contributed by atoms with Gasteiger partial charge in [-0.05, 0) is 36.6 Å². The highest BCUT2D eigenvalue weighted by atomic mass is 16.3. The van der Waals surface area contributed by atoms with Gasteiger partial charge in [-0.1, -0.05) is 31.9 Å². The first-order valence-corrected chi connectivity index (χ1v) is 6.76. The molecule has 4 nitrogen and oxygen atoms in total. The van der Waals surface area contributed by atoms with Crippen LogP contribution in [0.1, 0.15) is 37.3 Å². The normalized spacial score (nSPS) is 11.1. The lowest BCUT2D eigenvalue weighted by Crippen LogP contribution is -1.98. The van der Waals surface area contributed by atoms with Crippen LogP contribution in [0, 0.1) is 18.8 Å². The Labute approximate surface area is 113 Å². The first kappa shape index (κ1) is 13.6. The number of aromatic nitrogens is 1. The largest absolute Gasteiger partial charge is 0.493 e. The molecular weight excluding hydrogens is 240 g/mol. The average Bonchev–Trinajstić information content (AvgIpc) is 2.68. The Morgan fingerprint density at radius 1 is 1.21 bits per heavy atom. The van der Waals surface area contributed by atoms with Crippen molar-refractivity contribution in [1.29, 1.82) is 0 Å². The highest BCUT2D eigenvalue weighted by Gasteiger charge is 2.20. The molecule has 2 aromatic rings. The summed E-state index contributed by atoms with van der Waals surface area (Å²) in [5.74, 6) is -0.00139. The monoisotopic (exact) mass is 260 g/mol. The van der Waals surface area contributed by atoms with Gasteiger partial charge in [0.15, 0.2) is 5.69 Å². The van der Waals surface area contributed by atoms with Gasteiger partial charge in [-0.25, -0.2) is 0 Å². The third kappa shape index (κ3) is 2.23. The summed E-state index contributed by atoms with van der Waals surface area (Å²) in [6.07, 6.45) is 3.21. The fraction of sp³-hybridized carbons (Fsp3) is 0.467. The molecule has 0 unspecified atom stereocenters. The van der Waals surface area contributed by atoms with Gasteiger partial charge in [0.1, 0.15) is 0 Å². The van der Waals surface area contributed by atoms with Crippen molar-refractivity contribution in [3.8, 4) is 5.88 Å². The minimum atomic E-state index is -0.00139. The molecule has 0 spiro atoms. The molecule has 19 heavy (non-hydrogen) atoms. The molecule has 1 aromatic carbocycles. The van der Waals surface area contributed by atoms with Gasteiger partial charge in [0.05, 0.1) is 5.52 Å². The maximum atomic E-state index is 11.0. The molecule has 1 heterocycles. The Kier molecular flexibility index (Phi) is 3.88. The van der Waals surface area contributed by atoms with Gasteiger partial charge in [0, 0.05) is 11.9 Å². The molecule has 0 bridgehead atoms. The molecule has 0 atom stereocenters. The van der Waals surface area contributed by atoms with Crippen LogP contribution in [0.25, 0.3) is 10.9 Å². The molecule has 0 aliphatic carbocycles. The maximum absolute atomic E-state index is 11.0. The lowest BCUT2D eigenvalue weighted by molar-refractivity contribution is 0.417. The molecule has 1 N–H and O–H groups in total. The minimum Gasteiger partial charge on any atom is -0.493 e. The highest BCUT2D eigenvalue weighted by molar-refractivity contribution is 5.99. The zero-order valence-electron chi connectivity index (χ0n) is 11.7. The first-order valence-electron chi connectivity index (χ1n) is 6.76. The van der Waals surface area contributed by atoms with Crippen LogP contribution >= 0.6 is 0 Å². The third-order valence-corrected chi connectivity index (χ3v) is 3.64. The number of nitrogens with zero attached hydrogens (tertiary/aromatic N) is 2. The molecule has 2 rings (SSSR count). The third-order valence-electron chi connectivity index (χ3n) is 3.64. The van der Waals surface area contributed by atoms with Crippen molar-refractivity contribution in [2.75, 3.05) is 0 Å². The molecule has 0 aliphatic rings. The summed E-state index contributed by atoms with van der Waals surface area (Å²) >= 11 is 0. The summed E-state index contributed by atoms with van der Waals surface area (Å²) in [5, 5.41) is 14.0. The van der Waals surface area contributed by atoms with Gasteiger partial charge in [-0.3, -0.25) is 0 Å². The van der Waals surface area contributed by atoms with E-state index >= 15 is 0 Å². The van der Waals surface area contributed by atoms with E-state index in [1.807, 2.05) is 30.5 Å². The van der Waals surface area contributed by atoms with Crippen LogP contribution in [0.15, 0.2) is 17.3 Å². The van der Waals surface area contributed by atoms with Crippen LogP contribution in [0.5, 0.6) is 5.88 Å². The van der Waals surface area contributed by atoms with Crippen LogP contribution in [0.3, 0.4) is 0 Å². The number of aryl methyl sites for hydroxylation is 3. The topological polar surface area (TPSA) is 54.6 Å². The number of hydrogen-bond acceptors (Lipinski definition) is 3. The quantitative estimate of drug-likeness (QED) is 0.633. The SMILES string of the molecule is CCCCCn1c(O)c(N=O)c2c(C)ccc(C)c21. The molecule has 0 radical (unpaired) electrons. The molecule has 0 aliphatic heterocycles. The second-order valence-electron chi connectivity index (χ2n) is 5.05. The van der Waals surface area contributed by atoms with Crippen LogP contribution in [-0.2, 0) is 6.54 Å². The average molecular weight is 260 g/mol. The molecule has 4 heteroatoms. The maximum Gasteiger partial charge on any atom is 0.222 e. The highest BCUT2D eigenvalue weighted by Crippen LogP contribution is 2.41. The number of benzene rings is 1. The number of unbranched alkanes of at least 4 members (excludes halogenated alkanes) is 2. The fourth-order valence-electron chi connectivity index (χ4n) is 2.61. The molecular formula is C15H20N2O2. The standard InChI is InChI=1S/C15H20N2O2/c1-4-5-6-9-17-14-11(3)8-7-10(2)12(14)13(16-19)15(17)18/h7-8,18H,4-6,9H2,1-3H3. The van der Waals surface area contributed by atoms with Crippen molar-refractivity contribution in [3.05, 3.63) is 28.2 Å². The number of aromatic hydroxyl groups is 1. The summed E-state index contributed by atoms with van der Waals surface area (Å²) in [5.41, 5.74) is 3.14. The zero-order valence-corrected chi connectivity index (χ0v) is 11.7. The van der Waals surface area contributed by atoms with Gasteiger partial charge in [0.2, 0.25) is 5.88 Å². The Morgan fingerprint density at radius 3 is 2.53 bits per heavy atom. The molecule has 1 aromatic heterocycles. The number of fused-ring (bicyclic) bond motifs is 1. The van der Waals surface area contributed by atoms with E-state index in [2.05, 4.69) is 12.1 Å². The minimum absolute atomic E-state index is 0.00139. The first-order chi connectivity index (χ1) is 9.11. The lowest BCUT2D eigenvalue weighted by atomic mass is 10.1. The summed E-state index contributed by atoms with van der Waals surface area (Å²) in [4.78, 5) is 11.0. The van der Waals surface area contributed by atoms with Crippen molar-refractivity contribution >= 4 is 16.6 Å². The Hall–Kier alpha value is -1.84. The van der Waals surface area contributed by atoms with Crippen molar-refractivity contribution in [2.45, 2.75) is 46.6 Å². The number of hydrogen-bond donors (Lipinski definition) is 1. The molecule has 102 valence electrons. The van der Waals surface area contributed by atoms with E-state index in [1.165, 1.54) is 0 Å². The molecule has 0 saturated carbocycles. The van der Waals surface area contributed by atoms with Gasteiger partial charge < -0.3 is 9.67 Å². The Bertz CT molecular complexity index is 614. The van der Waals surface area contributed by atoms with E-state index in [0.717, 1.165) is 47.8 Å². The number of rotatable bonds is 5. The summed E-state index contributed by atoms with van der Waals surface area (Å²) < 4.78 is 1.82. The second-order valence-corrected chi connectivity index (χ2v) is 5.05. The second kappa shape index (κ2) is 5.43. The Morgan fingerprint density at radius 2 is 1.89 bits per heavy atom. The predicted molar refractivity (Wildman–Crippen MR) is 78.1 cm³/mol. The zero-order chi connectivity index (χ0) is 14.0. The van der Waals surface area contributed by atoms with Crippen LogP contribution in [0.4, 0.5) is 5.69 Å². The Balaban J connectivity index is 2.65. The van der Waals surface area contributed by atoms with Crippen LogP contribution < -0.4 is 0 Å².